The Morgan fingerprint density at radius 3 is 2.67 bits per heavy atom. The highest BCUT2D eigenvalue weighted by atomic mass is 16.6. The molecule has 0 bridgehead atoms. The van der Waals surface area contributed by atoms with Gasteiger partial charge in [0.15, 0.2) is 0 Å². The second kappa shape index (κ2) is 5.78. The maximum absolute atomic E-state index is 12.3. The molecule has 3 rings (SSSR count). The van der Waals surface area contributed by atoms with Crippen molar-refractivity contribution in [3.8, 4) is 0 Å². The third-order valence-corrected chi connectivity index (χ3v) is 4.52. The average molecular weight is 327 g/mol. The maximum atomic E-state index is 12.3. The molecule has 2 aromatic rings. The summed E-state index contributed by atoms with van der Waals surface area (Å²) in [5, 5.41) is 2.81. The summed E-state index contributed by atoms with van der Waals surface area (Å²) in [6, 6.07) is 7.87. The Hall–Kier alpha value is -2.63. The molecule has 126 valence electrons. The summed E-state index contributed by atoms with van der Waals surface area (Å²) < 4.78 is 7.28. The predicted octanol–water partition coefficient (Wildman–Crippen LogP) is 2.11. The van der Waals surface area contributed by atoms with Crippen molar-refractivity contribution in [2.75, 3.05) is 6.54 Å². The zero-order valence-electron chi connectivity index (χ0n) is 14.3. The Kier molecular flexibility index (Phi) is 3.91. The third-order valence-electron chi connectivity index (χ3n) is 4.52. The van der Waals surface area contributed by atoms with Crippen LogP contribution in [0.25, 0.3) is 11.0 Å². The van der Waals surface area contributed by atoms with Crippen molar-refractivity contribution in [3.63, 3.8) is 0 Å². The molecule has 0 saturated heterocycles. The monoisotopic (exact) mass is 327 g/mol. The molecule has 0 spiro atoms. The summed E-state index contributed by atoms with van der Waals surface area (Å²) in [5.41, 5.74) is 2.02. The smallest absolute Gasteiger partial charge is 0.344 e. The molecule has 24 heavy (non-hydrogen) atoms. The Labute approximate surface area is 140 Å². The fourth-order valence-corrected chi connectivity index (χ4v) is 2.92. The van der Waals surface area contributed by atoms with Crippen LogP contribution in [-0.2, 0) is 20.9 Å². The van der Waals surface area contributed by atoms with Crippen molar-refractivity contribution < 1.29 is 14.3 Å². The van der Waals surface area contributed by atoms with Crippen LogP contribution in [-0.4, -0.2) is 33.6 Å². The van der Waals surface area contributed by atoms with Crippen molar-refractivity contribution in [1.29, 1.82) is 0 Å². The number of amides is 1. The molecule has 0 unspecified atom stereocenters. The third kappa shape index (κ3) is 2.68. The molecule has 0 atom stereocenters. The van der Waals surface area contributed by atoms with E-state index in [-0.39, 0.29) is 11.5 Å². The highest BCUT2D eigenvalue weighted by Crippen LogP contribution is 2.31. The highest BCUT2D eigenvalue weighted by molar-refractivity contribution is 6.18. The molecule has 0 aliphatic carbocycles. The van der Waals surface area contributed by atoms with E-state index in [0.29, 0.717) is 18.7 Å². The van der Waals surface area contributed by atoms with Gasteiger partial charge in [-0.15, -0.1) is 0 Å². The zero-order chi connectivity index (χ0) is 17.5. The molecule has 2 heterocycles. The lowest BCUT2D eigenvalue weighted by atomic mass is 9.97. The Balaban J connectivity index is 1.70. The molecule has 1 N–H and O–H groups in total. The van der Waals surface area contributed by atoms with Crippen molar-refractivity contribution in [2.45, 2.75) is 39.8 Å². The van der Waals surface area contributed by atoms with Gasteiger partial charge in [0.05, 0.1) is 11.0 Å². The second-order valence-corrected chi connectivity index (χ2v) is 6.46. The first kappa shape index (κ1) is 16.2. The van der Waals surface area contributed by atoms with E-state index in [9.17, 15) is 9.59 Å². The summed E-state index contributed by atoms with van der Waals surface area (Å²) in [7, 11) is 0. The van der Waals surface area contributed by atoms with Crippen LogP contribution in [0.4, 0.5) is 0 Å². The van der Waals surface area contributed by atoms with Gasteiger partial charge >= 0.3 is 5.97 Å². The number of nitrogens with one attached hydrogen (secondary N) is 1. The molecule has 6 heteroatoms. The van der Waals surface area contributed by atoms with Gasteiger partial charge in [-0.25, -0.2) is 9.78 Å². The Bertz CT molecular complexity index is 862. The van der Waals surface area contributed by atoms with E-state index in [4.69, 9.17) is 4.74 Å². The van der Waals surface area contributed by atoms with Gasteiger partial charge in [0.25, 0.3) is 5.91 Å². The average Bonchev–Trinajstić information content (AvgIpc) is 2.93. The number of para-hydroxylation sites is 2. The van der Waals surface area contributed by atoms with Crippen LogP contribution in [0.1, 0.15) is 26.6 Å². The van der Waals surface area contributed by atoms with Gasteiger partial charge < -0.3 is 14.6 Å². The first-order valence-corrected chi connectivity index (χ1v) is 7.96. The van der Waals surface area contributed by atoms with Crippen molar-refractivity contribution in [1.82, 2.24) is 14.9 Å². The topological polar surface area (TPSA) is 73.2 Å². The standard InChI is InChI=1S/C18H21N3O3/c1-11-15(17(23)24-18(11,3)4)16(22)19-9-10-21-12(2)20-13-7-5-6-8-14(13)21/h5-8H,9-10H2,1-4H3,(H,19,22). The number of hydrogen-bond acceptors (Lipinski definition) is 4. The number of fused-ring (bicyclic) bond motifs is 1. The van der Waals surface area contributed by atoms with Crippen LogP contribution in [0.2, 0.25) is 0 Å². The fraction of sp³-hybridized carbons (Fsp3) is 0.389. The molecule has 0 fully saturated rings. The molecule has 0 radical (unpaired) electrons. The molecule has 6 nitrogen and oxygen atoms in total. The molecule has 1 aromatic carbocycles. The van der Waals surface area contributed by atoms with Crippen LogP contribution in [0.3, 0.4) is 0 Å². The number of imidazole rings is 1. The van der Waals surface area contributed by atoms with Crippen LogP contribution >= 0.6 is 0 Å². The number of rotatable bonds is 4. The quantitative estimate of drug-likeness (QED) is 0.689. The number of carbonyl (C=O) groups excluding carboxylic acids is 2. The van der Waals surface area contributed by atoms with Crippen molar-refractivity contribution in [3.05, 3.63) is 41.2 Å². The fourth-order valence-electron chi connectivity index (χ4n) is 2.92. The van der Waals surface area contributed by atoms with Gasteiger partial charge in [-0.3, -0.25) is 4.79 Å². The van der Waals surface area contributed by atoms with Gasteiger partial charge in [0.1, 0.15) is 17.0 Å². The van der Waals surface area contributed by atoms with E-state index < -0.39 is 11.6 Å². The number of cyclic esters (lactones) is 1. The normalized spacial score (nSPS) is 16.6. The minimum Gasteiger partial charge on any atom is -0.451 e. The molecule has 1 amide bonds. The van der Waals surface area contributed by atoms with Crippen LogP contribution in [0.15, 0.2) is 35.4 Å². The molecule has 1 aliphatic rings. The van der Waals surface area contributed by atoms with Gasteiger partial charge in [0.2, 0.25) is 0 Å². The number of aryl methyl sites for hydroxylation is 1. The lowest BCUT2D eigenvalue weighted by Gasteiger charge is -2.17. The van der Waals surface area contributed by atoms with Crippen LogP contribution in [0.5, 0.6) is 0 Å². The summed E-state index contributed by atoms with van der Waals surface area (Å²) >= 11 is 0. The minimum atomic E-state index is -0.721. The van der Waals surface area contributed by atoms with E-state index in [1.54, 1.807) is 20.8 Å². The number of ether oxygens (including phenoxy) is 1. The maximum Gasteiger partial charge on any atom is 0.344 e. The number of aromatic nitrogens is 2. The second-order valence-electron chi connectivity index (χ2n) is 6.46. The van der Waals surface area contributed by atoms with E-state index in [1.165, 1.54) is 0 Å². The number of nitrogens with zero attached hydrogens (tertiary/aromatic N) is 2. The number of esters is 1. The van der Waals surface area contributed by atoms with Crippen LogP contribution < -0.4 is 5.32 Å². The van der Waals surface area contributed by atoms with Gasteiger partial charge in [0, 0.05) is 13.1 Å². The SMILES string of the molecule is CC1=C(C(=O)NCCn2c(C)nc3ccccc32)C(=O)OC1(C)C. The summed E-state index contributed by atoms with van der Waals surface area (Å²) in [6.45, 7) is 8.25. The lowest BCUT2D eigenvalue weighted by Crippen LogP contribution is -2.30. The largest absolute Gasteiger partial charge is 0.451 e. The summed E-state index contributed by atoms with van der Waals surface area (Å²) in [5.74, 6) is -0.0494. The Morgan fingerprint density at radius 2 is 2.00 bits per heavy atom. The molecule has 1 aromatic heterocycles. The van der Waals surface area contributed by atoms with E-state index in [2.05, 4.69) is 10.3 Å². The van der Waals surface area contributed by atoms with E-state index in [1.807, 2.05) is 35.8 Å². The molecular weight excluding hydrogens is 306 g/mol. The first-order valence-electron chi connectivity index (χ1n) is 7.96. The van der Waals surface area contributed by atoms with Crippen molar-refractivity contribution >= 4 is 22.9 Å². The summed E-state index contributed by atoms with van der Waals surface area (Å²) in [6.07, 6.45) is 0. The predicted molar refractivity (Wildman–Crippen MR) is 90.4 cm³/mol. The van der Waals surface area contributed by atoms with E-state index in [0.717, 1.165) is 16.9 Å². The Morgan fingerprint density at radius 1 is 1.29 bits per heavy atom. The summed E-state index contributed by atoms with van der Waals surface area (Å²) in [4.78, 5) is 28.7. The lowest BCUT2D eigenvalue weighted by molar-refractivity contribution is -0.145. The minimum absolute atomic E-state index is 0.118. The highest BCUT2D eigenvalue weighted by Gasteiger charge is 2.40. The number of benzene rings is 1. The van der Waals surface area contributed by atoms with Gasteiger partial charge in [-0.05, 0) is 45.4 Å². The zero-order valence-corrected chi connectivity index (χ0v) is 14.3. The van der Waals surface area contributed by atoms with Crippen molar-refractivity contribution in [2.24, 2.45) is 0 Å². The molecule has 0 saturated carbocycles. The van der Waals surface area contributed by atoms with Gasteiger partial charge in [-0.2, -0.15) is 0 Å². The molecular formula is C18H21N3O3. The van der Waals surface area contributed by atoms with E-state index >= 15 is 0 Å². The van der Waals surface area contributed by atoms with Gasteiger partial charge in [-0.1, -0.05) is 12.1 Å². The molecule has 1 aliphatic heterocycles. The van der Waals surface area contributed by atoms with Crippen LogP contribution in [0, 0.1) is 6.92 Å². The first-order chi connectivity index (χ1) is 11.3. The number of hydrogen-bond donors (Lipinski definition) is 1. The number of carbonyl (C=O) groups is 2.